The summed E-state index contributed by atoms with van der Waals surface area (Å²) in [5.41, 5.74) is 2.67. The maximum atomic E-state index is 12.2. The first-order valence-electron chi connectivity index (χ1n) is 8.35. The zero-order chi connectivity index (χ0) is 18.8. The Hall–Kier alpha value is -3.69. The van der Waals surface area contributed by atoms with E-state index in [0.29, 0.717) is 24.0 Å². The minimum absolute atomic E-state index is 0.0896. The topological polar surface area (TPSA) is 116 Å². The summed E-state index contributed by atoms with van der Waals surface area (Å²) in [5.74, 6) is 1.44. The van der Waals surface area contributed by atoms with Crippen molar-refractivity contribution in [1.29, 1.82) is 0 Å². The molecule has 0 aliphatic rings. The molecule has 4 aromatic rings. The van der Waals surface area contributed by atoms with E-state index in [2.05, 4.69) is 35.5 Å². The predicted octanol–water partition coefficient (Wildman–Crippen LogP) is 0.576. The van der Waals surface area contributed by atoms with E-state index in [1.165, 1.54) is 6.33 Å². The summed E-state index contributed by atoms with van der Waals surface area (Å²) in [4.78, 5) is 29.0. The highest BCUT2D eigenvalue weighted by atomic mass is 16.1. The summed E-state index contributed by atoms with van der Waals surface area (Å²) in [5, 5.41) is 11.2. The first kappa shape index (κ1) is 16.8. The van der Waals surface area contributed by atoms with E-state index in [1.54, 1.807) is 21.7 Å². The number of nitrogens with one attached hydrogen (secondary N) is 1. The van der Waals surface area contributed by atoms with Crippen LogP contribution < -0.4 is 5.32 Å². The number of pyridine rings is 1. The molecule has 0 saturated carbocycles. The standard InChI is InChI=1S/C17H17N9O/c1-11-5-12(2)26-17(22-11)23-14(24-26)6-16(27)20-8-13-3-4-15(19-7-13)25-10-18-9-21-25/h3-5,7,9-10H,6,8H2,1-2H3,(H,20,27). The lowest BCUT2D eigenvalue weighted by Crippen LogP contribution is -2.25. The molecule has 0 atom stereocenters. The molecule has 0 spiro atoms. The molecule has 0 aliphatic heterocycles. The zero-order valence-electron chi connectivity index (χ0n) is 14.9. The van der Waals surface area contributed by atoms with E-state index >= 15 is 0 Å². The van der Waals surface area contributed by atoms with Crippen LogP contribution in [0.1, 0.15) is 22.8 Å². The molecule has 136 valence electrons. The first-order valence-corrected chi connectivity index (χ1v) is 8.35. The Bertz CT molecular complexity index is 1080. The number of amides is 1. The minimum Gasteiger partial charge on any atom is -0.352 e. The summed E-state index contributed by atoms with van der Waals surface area (Å²) in [6.45, 7) is 4.19. The van der Waals surface area contributed by atoms with Gasteiger partial charge in [0.15, 0.2) is 11.6 Å². The molecule has 0 bridgehead atoms. The van der Waals surface area contributed by atoms with Crippen LogP contribution in [-0.4, -0.2) is 45.2 Å². The number of nitrogens with zero attached hydrogens (tertiary/aromatic N) is 8. The highest BCUT2D eigenvalue weighted by Gasteiger charge is 2.11. The minimum atomic E-state index is -0.166. The van der Waals surface area contributed by atoms with Crippen molar-refractivity contribution in [2.75, 3.05) is 0 Å². The van der Waals surface area contributed by atoms with Gasteiger partial charge in [-0.1, -0.05) is 6.07 Å². The lowest BCUT2D eigenvalue weighted by molar-refractivity contribution is -0.120. The van der Waals surface area contributed by atoms with Crippen LogP contribution in [0.25, 0.3) is 11.6 Å². The van der Waals surface area contributed by atoms with Crippen LogP contribution >= 0.6 is 0 Å². The van der Waals surface area contributed by atoms with Crippen molar-refractivity contribution in [2.45, 2.75) is 26.8 Å². The molecule has 0 radical (unpaired) electrons. The van der Waals surface area contributed by atoms with E-state index in [9.17, 15) is 4.79 Å². The van der Waals surface area contributed by atoms with Crippen molar-refractivity contribution < 1.29 is 4.79 Å². The average Bonchev–Trinajstić information content (AvgIpc) is 3.30. The van der Waals surface area contributed by atoms with Crippen molar-refractivity contribution >= 4 is 11.7 Å². The van der Waals surface area contributed by atoms with Gasteiger partial charge in [0, 0.05) is 24.1 Å². The lowest BCUT2D eigenvalue weighted by Gasteiger charge is -2.05. The Kier molecular flexibility index (Phi) is 4.29. The number of carbonyl (C=O) groups excluding carboxylic acids is 1. The quantitative estimate of drug-likeness (QED) is 0.551. The van der Waals surface area contributed by atoms with Gasteiger partial charge in [0.05, 0.1) is 6.42 Å². The van der Waals surface area contributed by atoms with Crippen molar-refractivity contribution in [3.05, 3.63) is 59.8 Å². The second kappa shape index (κ2) is 6.90. The molecular weight excluding hydrogens is 346 g/mol. The molecule has 0 aliphatic carbocycles. The largest absolute Gasteiger partial charge is 0.352 e. The lowest BCUT2D eigenvalue weighted by atomic mass is 10.2. The molecule has 1 amide bonds. The molecule has 10 nitrogen and oxygen atoms in total. The monoisotopic (exact) mass is 363 g/mol. The van der Waals surface area contributed by atoms with E-state index in [0.717, 1.165) is 17.0 Å². The molecule has 4 rings (SSSR count). The SMILES string of the molecule is Cc1cc(C)n2nc(CC(=O)NCc3ccc(-n4cncn4)nc3)nc2n1. The van der Waals surface area contributed by atoms with Gasteiger partial charge in [0.1, 0.15) is 12.7 Å². The molecule has 0 aromatic carbocycles. The van der Waals surface area contributed by atoms with Crippen LogP contribution in [0.2, 0.25) is 0 Å². The van der Waals surface area contributed by atoms with Gasteiger partial charge in [-0.2, -0.15) is 10.1 Å². The zero-order valence-corrected chi connectivity index (χ0v) is 14.9. The summed E-state index contributed by atoms with van der Waals surface area (Å²) in [6.07, 6.45) is 4.80. The van der Waals surface area contributed by atoms with Gasteiger partial charge in [-0.05, 0) is 31.5 Å². The molecule has 10 heteroatoms. The van der Waals surface area contributed by atoms with Gasteiger partial charge >= 0.3 is 0 Å². The third-order valence-corrected chi connectivity index (χ3v) is 3.93. The third kappa shape index (κ3) is 3.64. The number of fused-ring (bicyclic) bond motifs is 1. The maximum absolute atomic E-state index is 12.2. The Morgan fingerprint density at radius 3 is 2.85 bits per heavy atom. The second-order valence-corrected chi connectivity index (χ2v) is 6.10. The van der Waals surface area contributed by atoms with Crippen LogP contribution in [-0.2, 0) is 17.8 Å². The summed E-state index contributed by atoms with van der Waals surface area (Å²) in [7, 11) is 0. The van der Waals surface area contributed by atoms with Crippen LogP contribution in [0.15, 0.2) is 37.1 Å². The van der Waals surface area contributed by atoms with Gasteiger partial charge < -0.3 is 5.32 Å². The van der Waals surface area contributed by atoms with Crippen molar-refractivity contribution in [2.24, 2.45) is 0 Å². The van der Waals surface area contributed by atoms with Crippen molar-refractivity contribution in [1.82, 2.24) is 44.6 Å². The van der Waals surface area contributed by atoms with Crippen molar-refractivity contribution in [3.8, 4) is 5.82 Å². The molecule has 4 heterocycles. The molecule has 1 N–H and O–H groups in total. The summed E-state index contributed by atoms with van der Waals surface area (Å²) in [6, 6.07) is 5.61. The van der Waals surface area contributed by atoms with Gasteiger partial charge in [-0.3, -0.25) is 4.79 Å². The number of carbonyl (C=O) groups is 1. The van der Waals surface area contributed by atoms with Crippen LogP contribution in [0.5, 0.6) is 0 Å². The smallest absolute Gasteiger partial charge is 0.252 e. The average molecular weight is 363 g/mol. The first-order chi connectivity index (χ1) is 13.1. The number of rotatable bonds is 5. The Morgan fingerprint density at radius 1 is 1.22 bits per heavy atom. The van der Waals surface area contributed by atoms with Crippen LogP contribution in [0.3, 0.4) is 0 Å². The number of hydrogen-bond donors (Lipinski definition) is 1. The molecule has 27 heavy (non-hydrogen) atoms. The third-order valence-electron chi connectivity index (χ3n) is 3.93. The normalized spacial score (nSPS) is 11.0. The Labute approximate surface area is 154 Å². The van der Waals surface area contributed by atoms with E-state index < -0.39 is 0 Å². The van der Waals surface area contributed by atoms with Gasteiger partial charge in [0.2, 0.25) is 5.91 Å². The van der Waals surface area contributed by atoms with E-state index in [4.69, 9.17) is 0 Å². The molecule has 0 saturated heterocycles. The molecule has 4 aromatic heterocycles. The van der Waals surface area contributed by atoms with Crippen LogP contribution in [0, 0.1) is 13.8 Å². The van der Waals surface area contributed by atoms with E-state index in [1.807, 2.05) is 32.0 Å². The fourth-order valence-corrected chi connectivity index (χ4v) is 2.67. The van der Waals surface area contributed by atoms with Gasteiger partial charge in [-0.15, -0.1) is 5.10 Å². The molecule has 0 unspecified atom stereocenters. The Balaban J connectivity index is 1.38. The fourth-order valence-electron chi connectivity index (χ4n) is 2.67. The van der Waals surface area contributed by atoms with Gasteiger partial charge in [-0.25, -0.2) is 24.1 Å². The highest BCUT2D eigenvalue weighted by molar-refractivity contribution is 5.77. The highest BCUT2D eigenvalue weighted by Crippen LogP contribution is 2.06. The number of aromatic nitrogens is 8. The van der Waals surface area contributed by atoms with Gasteiger partial charge in [0.25, 0.3) is 5.78 Å². The number of aryl methyl sites for hydroxylation is 2. The van der Waals surface area contributed by atoms with Crippen LogP contribution in [0.4, 0.5) is 0 Å². The Morgan fingerprint density at radius 2 is 2.11 bits per heavy atom. The van der Waals surface area contributed by atoms with Crippen molar-refractivity contribution in [3.63, 3.8) is 0 Å². The summed E-state index contributed by atoms with van der Waals surface area (Å²) < 4.78 is 3.21. The predicted molar refractivity (Wildman–Crippen MR) is 95.0 cm³/mol. The maximum Gasteiger partial charge on any atom is 0.252 e. The number of hydrogen-bond acceptors (Lipinski definition) is 7. The molecular formula is C17H17N9O. The van der Waals surface area contributed by atoms with E-state index in [-0.39, 0.29) is 12.3 Å². The second-order valence-electron chi connectivity index (χ2n) is 6.10. The fraction of sp³-hybridized carbons (Fsp3) is 0.235. The summed E-state index contributed by atoms with van der Waals surface area (Å²) >= 11 is 0. The molecule has 0 fully saturated rings.